The zero-order chi connectivity index (χ0) is 7.68. The summed E-state index contributed by atoms with van der Waals surface area (Å²) >= 11 is 0. The van der Waals surface area contributed by atoms with Gasteiger partial charge in [-0.1, -0.05) is 0 Å². The molecule has 2 rings (SSSR count). The van der Waals surface area contributed by atoms with Gasteiger partial charge in [-0.15, -0.1) is 0 Å². The molecule has 0 bridgehead atoms. The summed E-state index contributed by atoms with van der Waals surface area (Å²) in [6.45, 7) is 4.65. The van der Waals surface area contributed by atoms with E-state index in [0.29, 0.717) is 6.10 Å². The molecule has 3 heteroatoms. The first-order valence-corrected chi connectivity index (χ1v) is 4.37. The van der Waals surface area contributed by atoms with E-state index in [4.69, 9.17) is 4.74 Å². The van der Waals surface area contributed by atoms with E-state index in [1.54, 1.807) is 7.11 Å². The average molecular weight is 156 g/mol. The van der Waals surface area contributed by atoms with Crippen LogP contribution in [0.4, 0.5) is 0 Å². The number of likely N-dealkylation sites (tertiary alicyclic amines) is 1. The van der Waals surface area contributed by atoms with E-state index in [-0.39, 0.29) is 0 Å². The fraction of sp³-hybridized carbons (Fsp3) is 1.00. The normalized spacial score (nSPS) is 34.1. The summed E-state index contributed by atoms with van der Waals surface area (Å²) in [6.07, 6.45) is 1.83. The minimum atomic E-state index is 0.510. The first kappa shape index (κ1) is 7.53. The molecule has 1 N–H and O–H groups in total. The maximum absolute atomic E-state index is 5.21. The SMILES string of the molecule is COC1CN([C@H]2CCNC2)C1. The maximum atomic E-state index is 5.21. The number of nitrogens with zero attached hydrogens (tertiary/aromatic N) is 1. The predicted molar refractivity (Wildman–Crippen MR) is 43.6 cm³/mol. The molecule has 3 nitrogen and oxygen atoms in total. The summed E-state index contributed by atoms with van der Waals surface area (Å²) in [7, 11) is 1.80. The first-order chi connectivity index (χ1) is 5.40. The van der Waals surface area contributed by atoms with E-state index in [2.05, 4.69) is 10.2 Å². The largest absolute Gasteiger partial charge is 0.379 e. The van der Waals surface area contributed by atoms with E-state index < -0.39 is 0 Å². The Bertz CT molecular complexity index is 128. The lowest BCUT2D eigenvalue weighted by Gasteiger charge is -2.41. The quantitative estimate of drug-likeness (QED) is 0.593. The lowest BCUT2D eigenvalue weighted by Crippen LogP contribution is -2.56. The van der Waals surface area contributed by atoms with Crippen LogP contribution in [0.25, 0.3) is 0 Å². The van der Waals surface area contributed by atoms with Crippen molar-refractivity contribution in [1.82, 2.24) is 10.2 Å². The first-order valence-electron chi connectivity index (χ1n) is 4.37. The molecule has 64 valence electrons. The van der Waals surface area contributed by atoms with Crippen molar-refractivity contribution in [1.29, 1.82) is 0 Å². The Morgan fingerprint density at radius 2 is 2.27 bits per heavy atom. The summed E-state index contributed by atoms with van der Waals surface area (Å²) in [5.74, 6) is 0. The van der Waals surface area contributed by atoms with E-state index >= 15 is 0 Å². The molecule has 2 heterocycles. The van der Waals surface area contributed by atoms with Crippen molar-refractivity contribution >= 4 is 0 Å². The van der Waals surface area contributed by atoms with Gasteiger partial charge in [0.05, 0.1) is 6.10 Å². The monoisotopic (exact) mass is 156 g/mol. The van der Waals surface area contributed by atoms with Crippen LogP contribution in [-0.4, -0.2) is 50.3 Å². The molecule has 0 unspecified atom stereocenters. The summed E-state index contributed by atoms with van der Waals surface area (Å²) < 4.78 is 5.21. The molecular weight excluding hydrogens is 140 g/mol. The van der Waals surface area contributed by atoms with E-state index in [9.17, 15) is 0 Å². The van der Waals surface area contributed by atoms with Crippen LogP contribution >= 0.6 is 0 Å². The van der Waals surface area contributed by atoms with Crippen molar-refractivity contribution in [2.75, 3.05) is 33.3 Å². The van der Waals surface area contributed by atoms with Crippen LogP contribution in [0.5, 0.6) is 0 Å². The molecule has 2 aliphatic rings. The van der Waals surface area contributed by atoms with Gasteiger partial charge in [-0.25, -0.2) is 0 Å². The Morgan fingerprint density at radius 3 is 2.82 bits per heavy atom. The van der Waals surface area contributed by atoms with Crippen LogP contribution in [0.15, 0.2) is 0 Å². The molecule has 0 saturated carbocycles. The van der Waals surface area contributed by atoms with Crippen molar-refractivity contribution in [3.05, 3.63) is 0 Å². The van der Waals surface area contributed by atoms with Crippen LogP contribution in [-0.2, 0) is 4.74 Å². The van der Waals surface area contributed by atoms with Gasteiger partial charge in [-0.2, -0.15) is 0 Å². The molecule has 1 atom stereocenters. The van der Waals surface area contributed by atoms with Crippen LogP contribution in [0.2, 0.25) is 0 Å². The third-order valence-corrected chi connectivity index (χ3v) is 2.76. The Kier molecular flexibility index (Phi) is 2.11. The fourth-order valence-electron chi connectivity index (χ4n) is 1.87. The molecule has 2 fully saturated rings. The summed E-state index contributed by atoms with van der Waals surface area (Å²) in [4.78, 5) is 2.51. The van der Waals surface area contributed by atoms with Gasteiger partial charge in [0, 0.05) is 32.8 Å². The van der Waals surface area contributed by atoms with Crippen LogP contribution in [0, 0.1) is 0 Å². The van der Waals surface area contributed by atoms with Gasteiger partial charge in [0.2, 0.25) is 0 Å². The number of nitrogens with one attached hydrogen (secondary N) is 1. The second kappa shape index (κ2) is 3.09. The highest BCUT2D eigenvalue weighted by Gasteiger charge is 2.33. The van der Waals surface area contributed by atoms with E-state index in [0.717, 1.165) is 19.1 Å². The number of methoxy groups -OCH3 is 1. The Hall–Kier alpha value is -0.120. The van der Waals surface area contributed by atoms with Gasteiger partial charge in [0.1, 0.15) is 0 Å². The van der Waals surface area contributed by atoms with Gasteiger partial charge >= 0.3 is 0 Å². The van der Waals surface area contributed by atoms with Crippen molar-refractivity contribution in [2.24, 2.45) is 0 Å². The standard InChI is InChI=1S/C8H16N2O/c1-11-8-5-10(6-8)7-2-3-9-4-7/h7-9H,2-6H2,1H3/t7-/m0/s1. The predicted octanol–water partition coefficient (Wildman–Crippen LogP) is -0.321. The highest BCUT2D eigenvalue weighted by molar-refractivity contribution is 4.89. The number of rotatable bonds is 2. The van der Waals surface area contributed by atoms with Crippen LogP contribution < -0.4 is 5.32 Å². The second-order valence-electron chi connectivity index (χ2n) is 3.46. The smallest absolute Gasteiger partial charge is 0.0825 e. The molecule has 2 saturated heterocycles. The Labute approximate surface area is 67.7 Å². The Morgan fingerprint density at radius 1 is 1.45 bits per heavy atom. The van der Waals surface area contributed by atoms with Crippen LogP contribution in [0.1, 0.15) is 6.42 Å². The number of hydrogen-bond donors (Lipinski definition) is 1. The molecule has 0 aromatic carbocycles. The zero-order valence-corrected chi connectivity index (χ0v) is 7.05. The summed E-state index contributed by atoms with van der Waals surface area (Å²) in [5.41, 5.74) is 0. The number of ether oxygens (including phenoxy) is 1. The van der Waals surface area contributed by atoms with E-state index in [1.165, 1.54) is 19.5 Å². The average Bonchev–Trinajstić information content (AvgIpc) is 2.37. The lowest BCUT2D eigenvalue weighted by molar-refractivity contribution is -0.0467. The highest BCUT2D eigenvalue weighted by Crippen LogP contribution is 2.18. The molecule has 0 amide bonds. The highest BCUT2D eigenvalue weighted by atomic mass is 16.5. The molecule has 0 aromatic rings. The van der Waals surface area contributed by atoms with Crippen LogP contribution in [0.3, 0.4) is 0 Å². The van der Waals surface area contributed by atoms with Gasteiger partial charge in [0.25, 0.3) is 0 Å². The summed E-state index contributed by atoms with van der Waals surface area (Å²) in [6, 6.07) is 0.793. The Balaban J connectivity index is 1.73. The molecule has 2 aliphatic heterocycles. The minimum Gasteiger partial charge on any atom is -0.379 e. The molecule has 0 aromatic heterocycles. The lowest BCUT2D eigenvalue weighted by atomic mass is 10.1. The van der Waals surface area contributed by atoms with Crippen molar-refractivity contribution in [3.63, 3.8) is 0 Å². The minimum absolute atomic E-state index is 0.510. The maximum Gasteiger partial charge on any atom is 0.0825 e. The molecule has 0 aliphatic carbocycles. The van der Waals surface area contributed by atoms with Crippen molar-refractivity contribution in [3.8, 4) is 0 Å². The molecular formula is C8H16N2O. The zero-order valence-electron chi connectivity index (χ0n) is 7.05. The molecule has 11 heavy (non-hydrogen) atoms. The third-order valence-electron chi connectivity index (χ3n) is 2.76. The second-order valence-corrected chi connectivity index (χ2v) is 3.46. The van der Waals surface area contributed by atoms with Crippen molar-refractivity contribution < 1.29 is 4.74 Å². The molecule has 0 spiro atoms. The number of hydrogen-bond acceptors (Lipinski definition) is 3. The van der Waals surface area contributed by atoms with E-state index in [1.807, 2.05) is 0 Å². The van der Waals surface area contributed by atoms with Gasteiger partial charge in [0.15, 0.2) is 0 Å². The fourth-order valence-corrected chi connectivity index (χ4v) is 1.87. The third kappa shape index (κ3) is 1.41. The molecule has 0 radical (unpaired) electrons. The van der Waals surface area contributed by atoms with Gasteiger partial charge in [-0.05, 0) is 13.0 Å². The van der Waals surface area contributed by atoms with Gasteiger partial charge < -0.3 is 10.1 Å². The topological polar surface area (TPSA) is 24.5 Å². The van der Waals surface area contributed by atoms with Crippen molar-refractivity contribution in [2.45, 2.75) is 18.6 Å². The van der Waals surface area contributed by atoms with Gasteiger partial charge in [-0.3, -0.25) is 4.90 Å². The summed E-state index contributed by atoms with van der Waals surface area (Å²) in [5, 5.41) is 3.37.